The number of hydrogen-bond donors (Lipinski definition) is 2. The van der Waals surface area contributed by atoms with Gasteiger partial charge in [0.2, 0.25) is 0 Å². The molecule has 14 heavy (non-hydrogen) atoms. The zero-order chi connectivity index (χ0) is 10.8. The summed E-state index contributed by atoms with van der Waals surface area (Å²) < 4.78 is 25.8. The third kappa shape index (κ3) is 1.88. The van der Waals surface area contributed by atoms with Crippen molar-refractivity contribution in [3.05, 3.63) is 35.4 Å². The number of carbonyl (C=O) groups is 1. The number of aliphatic carboxylic acids is 1. The average molecular weight is 201 g/mol. The van der Waals surface area contributed by atoms with Gasteiger partial charge in [-0.1, -0.05) is 24.3 Å². The van der Waals surface area contributed by atoms with Crippen LogP contribution in [0.25, 0.3) is 0 Å². The maximum Gasteiger partial charge on any atom is 0.379 e. The minimum absolute atomic E-state index is 0.235. The van der Waals surface area contributed by atoms with Crippen molar-refractivity contribution in [2.45, 2.75) is 12.5 Å². The van der Waals surface area contributed by atoms with Crippen molar-refractivity contribution >= 4 is 5.97 Å². The van der Waals surface area contributed by atoms with Crippen LogP contribution in [-0.4, -0.2) is 11.1 Å². The molecule has 0 unspecified atom stereocenters. The van der Waals surface area contributed by atoms with E-state index >= 15 is 0 Å². The molecule has 0 saturated heterocycles. The van der Waals surface area contributed by atoms with Gasteiger partial charge in [-0.05, 0) is 5.56 Å². The van der Waals surface area contributed by atoms with Crippen LogP contribution in [-0.2, 0) is 17.3 Å². The second-order valence-corrected chi connectivity index (χ2v) is 2.78. The number of carboxylic acids is 1. The summed E-state index contributed by atoms with van der Waals surface area (Å²) in [6, 6.07) is 4.89. The van der Waals surface area contributed by atoms with E-state index in [9.17, 15) is 13.6 Å². The van der Waals surface area contributed by atoms with Gasteiger partial charge in [-0.25, -0.2) is 4.79 Å². The van der Waals surface area contributed by atoms with Crippen molar-refractivity contribution in [2.75, 3.05) is 0 Å². The number of rotatable bonds is 3. The Kier molecular flexibility index (Phi) is 2.81. The van der Waals surface area contributed by atoms with Gasteiger partial charge in [0.1, 0.15) is 0 Å². The second kappa shape index (κ2) is 3.71. The molecule has 0 saturated carbocycles. The quantitative estimate of drug-likeness (QED) is 0.775. The maximum absolute atomic E-state index is 12.9. The van der Waals surface area contributed by atoms with Crippen LogP contribution in [0.15, 0.2) is 24.3 Å². The van der Waals surface area contributed by atoms with E-state index in [0.717, 1.165) is 12.1 Å². The van der Waals surface area contributed by atoms with Crippen molar-refractivity contribution in [3.8, 4) is 0 Å². The highest BCUT2D eigenvalue weighted by Gasteiger charge is 2.40. The van der Waals surface area contributed by atoms with Crippen molar-refractivity contribution in [3.63, 3.8) is 0 Å². The van der Waals surface area contributed by atoms with Gasteiger partial charge in [0.05, 0.1) is 0 Å². The van der Waals surface area contributed by atoms with Crippen LogP contribution >= 0.6 is 0 Å². The first-order chi connectivity index (χ1) is 6.48. The summed E-state index contributed by atoms with van der Waals surface area (Å²) in [4.78, 5) is 10.2. The first kappa shape index (κ1) is 10.6. The Bertz CT molecular complexity index is 335. The Morgan fingerprint density at radius 3 is 2.21 bits per heavy atom. The Morgan fingerprint density at radius 1 is 1.36 bits per heavy atom. The molecule has 0 fully saturated rings. The lowest BCUT2D eigenvalue weighted by Crippen LogP contribution is -2.25. The molecule has 0 atom stereocenters. The summed E-state index contributed by atoms with van der Waals surface area (Å²) in [5.41, 5.74) is 5.40. The lowest BCUT2D eigenvalue weighted by Gasteiger charge is -2.11. The molecule has 0 spiro atoms. The molecule has 1 rings (SSSR count). The lowest BCUT2D eigenvalue weighted by atomic mass is 10.1. The van der Waals surface area contributed by atoms with E-state index in [2.05, 4.69) is 0 Å². The zero-order valence-electron chi connectivity index (χ0n) is 7.21. The summed E-state index contributed by atoms with van der Waals surface area (Å²) in [6.07, 6.45) is 0. The van der Waals surface area contributed by atoms with Gasteiger partial charge in [-0.3, -0.25) is 0 Å². The zero-order valence-corrected chi connectivity index (χ0v) is 7.21. The average Bonchev–Trinajstić information content (AvgIpc) is 2.17. The van der Waals surface area contributed by atoms with Crippen LogP contribution in [0.2, 0.25) is 0 Å². The van der Waals surface area contributed by atoms with Gasteiger partial charge in [0, 0.05) is 12.1 Å². The maximum atomic E-state index is 12.9. The van der Waals surface area contributed by atoms with Crippen LogP contribution in [0, 0.1) is 0 Å². The number of hydrogen-bond acceptors (Lipinski definition) is 2. The molecule has 0 heterocycles. The van der Waals surface area contributed by atoms with Crippen LogP contribution in [0.4, 0.5) is 8.78 Å². The van der Waals surface area contributed by atoms with Crippen molar-refractivity contribution < 1.29 is 18.7 Å². The molecule has 0 aliphatic rings. The summed E-state index contributed by atoms with van der Waals surface area (Å²) in [5, 5.41) is 8.25. The van der Waals surface area contributed by atoms with Crippen LogP contribution in [0.3, 0.4) is 0 Å². The van der Waals surface area contributed by atoms with Gasteiger partial charge in [0.15, 0.2) is 0 Å². The first-order valence-corrected chi connectivity index (χ1v) is 3.89. The number of benzene rings is 1. The number of halogens is 2. The monoisotopic (exact) mass is 201 g/mol. The molecule has 0 radical (unpaired) electrons. The SMILES string of the molecule is NCc1ccc(C(F)(F)C(=O)O)cc1. The van der Waals surface area contributed by atoms with E-state index in [1.54, 1.807) is 0 Å². The van der Waals surface area contributed by atoms with Crippen LogP contribution in [0.1, 0.15) is 11.1 Å². The molecular formula is C9H9F2NO2. The van der Waals surface area contributed by atoms with E-state index in [1.165, 1.54) is 12.1 Å². The smallest absolute Gasteiger partial charge is 0.379 e. The largest absolute Gasteiger partial charge is 0.477 e. The molecule has 0 amide bonds. The molecule has 0 aliphatic carbocycles. The van der Waals surface area contributed by atoms with Crippen molar-refractivity contribution in [1.82, 2.24) is 0 Å². The Morgan fingerprint density at radius 2 is 1.86 bits per heavy atom. The third-order valence-electron chi connectivity index (χ3n) is 1.82. The Hall–Kier alpha value is -1.49. The highest BCUT2D eigenvalue weighted by Crippen LogP contribution is 2.28. The summed E-state index contributed by atoms with van der Waals surface area (Å²) >= 11 is 0. The van der Waals surface area contributed by atoms with E-state index in [4.69, 9.17) is 10.8 Å². The molecular weight excluding hydrogens is 192 g/mol. The topological polar surface area (TPSA) is 63.3 Å². The number of carboxylic acid groups (broad SMARTS) is 1. The van der Waals surface area contributed by atoms with E-state index < -0.39 is 17.5 Å². The van der Waals surface area contributed by atoms with Gasteiger partial charge < -0.3 is 10.8 Å². The fraction of sp³-hybridized carbons (Fsp3) is 0.222. The van der Waals surface area contributed by atoms with Crippen LogP contribution < -0.4 is 5.73 Å². The standard InChI is InChI=1S/C9H9F2NO2/c10-9(11,8(13)14)7-3-1-6(5-12)2-4-7/h1-4H,5,12H2,(H,13,14). The number of alkyl halides is 2. The van der Waals surface area contributed by atoms with Gasteiger partial charge in [-0.2, -0.15) is 8.78 Å². The minimum atomic E-state index is -3.84. The van der Waals surface area contributed by atoms with Crippen molar-refractivity contribution in [2.24, 2.45) is 5.73 Å². The normalized spacial score (nSPS) is 11.4. The third-order valence-corrected chi connectivity index (χ3v) is 1.82. The molecule has 3 nitrogen and oxygen atoms in total. The minimum Gasteiger partial charge on any atom is -0.477 e. The van der Waals surface area contributed by atoms with E-state index in [0.29, 0.717) is 5.56 Å². The first-order valence-electron chi connectivity index (χ1n) is 3.89. The van der Waals surface area contributed by atoms with Crippen molar-refractivity contribution in [1.29, 1.82) is 0 Å². The van der Waals surface area contributed by atoms with Gasteiger partial charge in [0.25, 0.3) is 0 Å². The van der Waals surface area contributed by atoms with Gasteiger partial charge in [-0.15, -0.1) is 0 Å². The summed E-state index contributed by atoms with van der Waals surface area (Å²) in [6.45, 7) is 0.235. The number of nitrogens with two attached hydrogens (primary N) is 1. The summed E-state index contributed by atoms with van der Waals surface area (Å²) in [7, 11) is 0. The molecule has 0 bridgehead atoms. The second-order valence-electron chi connectivity index (χ2n) is 2.78. The predicted octanol–water partition coefficient (Wildman–Crippen LogP) is 1.32. The van der Waals surface area contributed by atoms with Crippen LogP contribution in [0.5, 0.6) is 0 Å². The Labute approximate surface area is 79.2 Å². The highest BCUT2D eigenvalue weighted by molar-refractivity contribution is 5.77. The predicted molar refractivity (Wildman–Crippen MR) is 45.9 cm³/mol. The molecule has 0 aliphatic heterocycles. The Balaban J connectivity index is 3.02. The van der Waals surface area contributed by atoms with E-state index in [1.807, 2.05) is 0 Å². The molecule has 1 aromatic rings. The molecule has 3 N–H and O–H groups in total. The lowest BCUT2D eigenvalue weighted by molar-refractivity contribution is -0.166. The molecule has 1 aromatic carbocycles. The van der Waals surface area contributed by atoms with E-state index in [-0.39, 0.29) is 6.54 Å². The van der Waals surface area contributed by atoms with Gasteiger partial charge >= 0.3 is 11.9 Å². The molecule has 76 valence electrons. The highest BCUT2D eigenvalue weighted by atomic mass is 19.3. The fourth-order valence-corrected chi connectivity index (χ4v) is 0.974. The fourth-order valence-electron chi connectivity index (χ4n) is 0.974. The molecule has 0 aromatic heterocycles. The summed E-state index contributed by atoms with van der Waals surface area (Å²) in [5.74, 6) is -5.99. The molecule has 5 heteroatoms.